The number of carboxylic acid groups (broad SMARTS) is 1. The lowest BCUT2D eigenvalue weighted by Gasteiger charge is -2.05. The smallest absolute Gasteiger partial charge is 0.340 e. The first kappa shape index (κ1) is 9.67. The fourth-order valence-corrected chi connectivity index (χ4v) is 2.10. The number of aromatic nitrogens is 1. The minimum Gasteiger partial charge on any atom is -0.478 e. The summed E-state index contributed by atoms with van der Waals surface area (Å²) >= 11 is 1.47. The molecule has 0 fully saturated rings. The molecule has 5 heteroatoms. The minimum absolute atomic E-state index is 0.0494. The number of nitrogens with zero attached hydrogens (tertiary/aromatic N) is 1. The molecular formula is C10H8N2O2S. The normalized spacial score (nSPS) is 10.1. The van der Waals surface area contributed by atoms with E-state index in [0.717, 1.165) is 4.88 Å². The number of anilines is 1. The predicted octanol–water partition coefficient (Wildman–Crippen LogP) is 2.09. The predicted molar refractivity (Wildman–Crippen MR) is 58.9 cm³/mol. The largest absolute Gasteiger partial charge is 0.478 e. The highest BCUT2D eigenvalue weighted by Crippen LogP contribution is 2.29. The average molecular weight is 220 g/mol. The van der Waals surface area contributed by atoms with E-state index >= 15 is 0 Å². The lowest BCUT2D eigenvalue weighted by atomic mass is 10.1. The van der Waals surface area contributed by atoms with E-state index in [0.29, 0.717) is 5.56 Å². The summed E-state index contributed by atoms with van der Waals surface area (Å²) in [5.41, 5.74) is 6.23. The van der Waals surface area contributed by atoms with Gasteiger partial charge in [0, 0.05) is 16.6 Å². The summed E-state index contributed by atoms with van der Waals surface area (Å²) in [6.45, 7) is 0. The Morgan fingerprint density at radius 3 is 2.87 bits per heavy atom. The average Bonchev–Trinajstić information content (AvgIpc) is 2.69. The summed E-state index contributed by atoms with van der Waals surface area (Å²) in [6.07, 6.45) is 1.51. The lowest BCUT2D eigenvalue weighted by Crippen LogP contribution is -2.06. The molecule has 76 valence electrons. The summed E-state index contributed by atoms with van der Waals surface area (Å²) in [7, 11) is 0. The highest BCUT2D eigenvalue weighted by molar-refractivity contribution is 7.13. The summed E-state index contributed by atoms with van der Waals surface area (Å²) in [4.78, 5) is 15.7. The molecule has 0 spiro atoms. The zero-order chi connectivity index (χ0) is 10.8. The maximum Gasteiger partial charge on any atom is 0.340 e. The topological polar surface area (TPSA) is 76.2 Å². The van der Waals surface area contributed by atoms with Gasteiger partial charge in [-0.2, -0.15) is 0 Å². The highest BCUT2D eigenvalue weighted by Gasteiger charge is 2.16. The molecule has 2 heterocycles. The van der Waals surface area contributed by atoms with Gasteiger partial charge in [0.25, 0.3) is 0 Å². The van der Waals surface area contributed by atoms with E-state index in [9.17, 15) is 4.79 Å². The zero-order valence-corrected chi connectivity index (χ0v) is 8.49. The van der Waals surface area contributed by atoms with Crippen LogP contribution >= 0.6 is 11.3 Å². The van der Waals surface area contributed by atoms with Gasteiger partial charge < -0.3 is 10.8 Å². The number of nitrogen functional groups attached to an aromatic ring is 1. The third-order valence-electron chi connectivity index (χ3n) is 1.98. The van der Waals surface area contributed by atoms with E-state index in [1.165, 1.54) is 17.5 Å². The van der Waals surface area contributed by atoms with Crippen molar-refractivity contribution < 1.29 is 9.90 Å². The molecule has 2 aromatic rings. The Morgan fingerprint density at radius 2 is 2.27 bits per heavy atom. The molecule has 0 saturated heterocycles. The van der Waals surface area contributed by atoms with Gasteiger partial charge in [0.05, 0.1) is 0 Å². The van der Waals surface area contributed by atoms with Crippen LogP contribution in [0.5, 0.6) is 0 Å². The number of nitrogens with two attached hydrogens (primary N) is 1. The Hall–Kier alpha value is -1.88. The van der Waals surface area contributed by atoms with Crippen molar-refractivity contribution in [3.05, 3.63) is 35.3 Å². The summed E-state index contributed by atoms with van der Waals surface area (Å²) in [5, 5.41) is 10.9. The molecule has 2 rings (SSSR count). The Bertz CT molecular complexity index is 494. The standard InChI is InChI=1S/C10H8N2O2S/c11-9-8(10(13)14)6(3-4-12-9)7-2-1-5-15-7/h1-5H,(H2,11,12)(H,13,14). The van der Waals surface area contributed by atoms with E-state index in [4.69, 9.17) is 10.8 Å². The number of thiophene rings is 1. The number of aromatic carboxylic acids is 1. The summed E-state index contributed by atoms with van der Waals surface area (Å²) < 4.78 is 0. The zero-order valence-electron chi connectivity index (χ0n) is 7.68. The molecule has 0 radical (unpaired) electrons. The van der Waals surface area contributed by atoms with Crippen LogP contribution in [0.3, 0.4) is 0 Å². The van der Waals surface area contributed by atoms with E-state index < -0.39 is 5.97 Å². The van der Waals surface area contributed by atoms with Crippen molar-refractivity contribution >= 4 is 23.1 Å². The summed E-state index contributed by atoms with van der Waals surface area (Å²) in [5.74, 6) is -1.00. The number of carboxylic acids is 1. The van der Waals surface area contributed by atoms with Gasteiger partial charge in [-0.3, -0.25) is 0 Å². The van der Waals surface area contributed by atoms with Crippen molar-refractivity contribution in [1.29, 1.82) is 0 Å². The fourth-order valence-electron chi connectivity index (χ4n) is 1.34. The molecule has 2 aromatic heterocycles. The third-order valence-corrected chi connectivity index (χ3v) is 2.88. The van der Waals surface area contributed by atoms with Gasteiger partial charge in [0.15, 0.2) is 0 Å². The van der Waals surface area contributed by atoms with E-state index in [1.54, 1.807) is 6.07 Å². The molecule has 0 unspecified atom stereocenters. The van der Waals surface area contributed by atoms with Crippen LogP contribution in [0, 0.1) is 0 Å². The Labute approximate surface area is 90.0 Å². The van der Waals surface area contributed by atoms with Gasteiger partial charge in [-0.25, -0.2) is 9.78 Å². The van der Waals surface area contributed by atoms with Gasteiger partial charge >= 0.3 is 5.97 Å². The molecular weight excluding hydrogens is 212 g/mol. The maximum absolute atomic E-state index is 11.0. The molecule has 3 N–H and O–H groups in total. The Kier molecular flexibility index (Phi) is 2.39. The molecule has 0 amide bonds. The van der Waals surface area contributed by atoms with E-state index in [-0.39, 0.29) is 11.4 Å². The second-order valence-corrected chi connectivity index (χ2v) is 3.85. The van der Waals surface area contributed by atoms with E-state index in [1.807, 2.05) is 17.5 Å². The summed E-state index contributed by atoms with van der Waals surface area (Å²) in [6, 6.07) is 5.37. The van der Waals surface area contributed by atoms with Crippen LogP contribution in [0.2, 0.25) is 0 Å². The van der Waals surface area contributed by atoms with Crippen LogP contribution < -0.4 is 5.73 Å². The van der Waals surface area contributed by atoms with Crippen molar-refractivity contribution in [3.63, 3.8) is 0 Å². The Morgan fingerprint density at radius 1 is 1.47 bits per heavy atom. The molecule has 4 nitrogen and oxygen atoms in total. The number of pyridine rings is 1. The minimum atomic E-state index is -1.05. The molecule has 15 heavy (non-hydrogen) atoms. The number of rotatable bonds is 2. The van der Waals surface area contributed by atoms with Gasteiger partial charge in [0.2, 0.25) is 0 Å². The maximum atomic E-state index is 11.0. The van der Waals surface area contributed by atoms with Gasteiger partial charge in [-0.1, -0.05) is 6.07 Å². The van der Waals surface area contributed by atoms with Crippen molar-refractivity contribution in [2.45, 2.75) is 0 Å². The fraction of sp³-hybridized carbons (Fsp3) is 0. The first-order chi connectivity index (χ1) is 7.20. The molecule has 0 atom stereocenters. The number of carbonyl (C=O) groups is 1. The van der Waals surface area contributed by atoms with Gasteiger partial charge in [-0.05, 0) is 17.5 Å². The van der Waals surface area contributed by atoms with Crippen LogP contribution in [0.15, 0.2) is 29.8 Å². The van der Waals surface area contributed by atoms with Crippen molar-refractivity contribution in [2.75, 3.05) is 5.73 Å². The van der Waals surface area contributed by atoms with Crippen molar-refractivity contribution in [3.8, 4) is 10.4 Å². The van der Waals surface area contributed by atoms with Crippen LogP contribution in [0.25, 0.3) is 10.4 Å². The second kappa shape index (κ2) is 3.70. The van der Waals surface area contributed by atoms with Crippen LogP contribution in [-0.2, 0) is 0 Å². The van der Waals surface area contributed by atoms with Crippen molar-refractivity contribution in [1.82, 2.24) is 4.98 Å². The molecule has 0 aliphatic rings. The van der Waals surface area contributed by atoms with Gasteiger partial charge in [0.1, 0.15) is 11.4 Å². The number of hydrogen-bond acceptors (Lipinski definition) is 4. The Balaban J connectivity index is 2.66. The monoisotopic (exact) mass is 220 g/mol. The SMILES string of the molecule is Nc1nccc(-c2cccs2)c1C(=O)O. The molecule has 0 aromatic carbocycles. The molecule has 0 aliphatic heterocycles. The van der Waals surface area contributed by atoms with Crippen LogP contribution in [0.4, 0.5) is 5.82 Å². The number of hydrogen-bond donors (Lipinski definition) is 2. The first-order valence-electron chi connectivity index (χ1n) is 4.22. The van der Waals surface area contributed by atoms with Crippen LogP contribution in [0.1, 0.15) is 10.4 Å². The quantitative estimate of drug-likeness (QED) is 0.812. The highest BCUT2D eigenvalue weighted by atomic mass is 32.1. The van der Waals surface area contributed by atoms with Crippen LogP contribution in [-0.4, -0.2) is 16.1 Å². The lowest BCUT2D eigenvalue weighted by molar-refractivity contribution is 0.0698. The second-order valence-electron chi connectivity index (χ2n) is 2.90. The molecule has 0 aliphatic carbocycles. The van der Waals surface area contributed by atoms with E-state index in [2.05, 4.69) is 4.98 Å². The molecule has 0 bridgehead atoms. The van der Waals surface area contributed by atoms with Crippen molar-refractivity contribution in [2.24, 2.45) is 0 Å². The van der Waals surface area contributed by atoms with Gasteiger partial charge in [-0.15, -0.1) is 11.3 Å². The molecule has 0 saturated carbocycles. The first-order valence-corrected chi connectivity index (χ1v) is 5.10. The third kappa shape index (κ3) is 1.69.